The third kappa shape index (κ3) is 2.45. The van der Waals surface area contributed by atoms with Crippen molar-refractivity contribution in [2.45, 2.75) is 31.3 Å². The first kappa shape index (κ1) is 12.5. The number of benzene rings is 1. The molecule has 3 rings (SSSR count). The van der Waals surface area contributed by atoms with Crippen LogP contribution in [0, 0.1) is 0 Å². The standard InChI is InChI=1S/C15H21N3O/c1-16-15(19)11-4-2-5-12(10-11)17-13-7-9-18-8-3-6-14(13)18/h2,4-5,10,13-14,17H,3,6-9H2,1H3,(H,16,19). The van der Waals surface area contributed by atoms with Crippen LogP contribution in [0.3, 0.4) is 0 Å². The highest BCUT2D eigenvalue weighted by molar-refractivity contribution is 5.94. The SMILES string of the molecule is CNC(=O)c1cccc(NC2CCN3CCCC23)c1. The van der Waals surface area contributed by atoms with E-state index in [0.29, 0.717) is 17.6 Å². The van der Waals surface area contributed by atoms with E-state index in [4.69, 9.17) is 0 Å². The van der Waals surface area contributed by atoms with Crippen LogP contribution in [-0.2, 0) is 0 Å². The van der Waals surface area contributed by atoms with Gasteiger partial charge in [0.15, 0.2) is 0 Å². The first-order valence-corrected chi connectivity index (χ1v) is 7.10. The summed E-state index contributed by atoms with van der Waals surface area (Å²) >= 11 is 0. The smallest absolute Gasteiger partial charge is 0.251 e. The lowest BCUT2D eigenvalue weighted by atomic mass is 10.1. The molecule has 2 aliphatic rings. The fourth-order valence-electron chi connectivity index (χ4n) is 3.36. The van der Waals surface area contributed by atoms with E-state index in [1.165, 1.54) is 32.4 Å². The van der Waals surface area contributed by atoms with E-state index < -0.39 is 0 Å². The lowest BCUT2D eigenvalue weighted by Gasteiger charge is -2.22. The van der Waals surface area contributed by atoms with Gasteiger partial charge >= 0.3 is 0 Å². The second-order valence-corrected chi connectivity index (χ2v) is 5.44. The molecule has 0 saturated carbocycles. The average molecular weight is 259 g/mol. The second-order valence-electron chi connectivity index (χ2n) is 5.44. The fraction of sp³-hybridized carbons (Fsp3) is 0.533. The number of nitrogens with zero attached hydrogens (tertiary/aromatic N) is 1. The minimum absolute atomic E-state index is 0.0300. The van der Waals surface area contributed by atoms with Crippen LogP contribution >= 0.6 is 0 Å². The molecule has 2 unspecified atom stereocenters. The van der Waals surface area contributed by atoms with Gasteiger partial charge in [0.1, 0.15) is 0 Å². The quantitative estimate of drug-likeness (QED) is 0.868. The number of hydrogen-bond donors (Lipinski definition) is 2. The van der Waals surface area contributed by atoms with Crippen LogP contribution in [0.1, 0.15) is 29.6 Å². The van der Waals surface area contributed by atoms with Gasteiger partial charge in [-0.15, -0.1) is 0 Å². The Kier molecular flexibility index (Phi) is 3.42. The van der Waals surface area contributed by atoms with Crippen LogP contribution in [-0.4, -0.2) is 43.0 Å². The van der Waals surface area contributed by atoms with E-state index in [0.717, 1.165) is 5.69 Å². The largest absolute Gasteiger partial charge is 0.381 e. The number of nitrogens with one attached hydrogen (secondary N) is 2. The molecule has 19 heavy (non-hydrogen) atoms. The predicted molar refractivity (Wildman–Crippen MR) is 76.5 cm³/mol. The Balaban J connectivity index is 1.71. The van der Waals surface area contributed by atoms with Crippen LogP contribution in [0.2, 0.25) is 0 Å². The Morgan fingerprint density at radius 3 is 3.05 bits per heavy atom. The van der Waals surface area contributed by atoms with Crippen molar-refractivity contribution in [3.8, 4) is 0 Å². The normalized spacial score (nSPS) is 26.2. The Morgan fingerprint density at radius 1 is 1.32 bits per heavy atom. The zero-order valence-corrected chi connectivity index (χ0v) is 11.4. The molecular weight excluding hydrogens is 238 g/mol. The number of amides is 1. The van der Waals surface area contributed by atoms with Crippen molar-refractivity contribution in [1.29, 1.82) is 0 Å². The highest BCUT2D eigenvalue weighted by atomic mass is 16.1. The summed E-state index contributed by atoms with van der Waals surface area (Å²) in [6.07, 6.45) is 3.82. The monoisotopic (exact) mass is 259 g/mol. The maximum atomic E-state index is 11.6. The summed E-state index contributed by atoms with van der Waals surface area (Å²) in [4.78, 5) is 14.2. The molecule has 1 aromatic carbocycles. The van der Waals surface area contributed by atoms with Crippen molar-refractivity contribution in [2.24, 2.45) is 0 Å². The van der Waals surface area contributed by atoms with Crippen LogP contribution < -0.4 is 10.6 Å². The molecule has 4 nitrogen and oxygen atoms in total. The summed E-state index contributed by atoms with van der Waals surface area (Å²) < 4.78 is 0. The summed E-state index contributed by atoms with van der Waals surface area (Å²) in [6.45, 7) is 2.46. The van der Waals surface area contributed by atoms with Crippen molar-refractivity contribution in [3.63, 3.8) is 0 Å². The summed E-state index contributed by atoms with van der Waals surface area (Å²) in [5.74, 6) is -0.0300. The van der Waals surface area contributed by atoms with Gasteiger partial charge in [-0.05, 0) is 44.0 Å². The number of hydrogen-bond acceptors (Lipinski definition) is 3. The molecule has 0 bridgehead atoms. The topological polar surface area (TPSA) is 44.4 Å². The van der Waals surface area contributed by atoms with Crippen molar-refractivity contribution in [2.75, 3.05) is 25.5 Å². The minimum Gasteiger partial charge on any atom is -0.381 e. The first-order valence-electron chi connectivity index (χ1n) is 7.10. The summed E-state index contributed by atoms with van der Waals surface area (Å²) in [7, 11) is 1.66. The Labute approximate surface area is 114 Å². The van der Waals surface area contributed by atoms with E-state index in [2.05, 4.69) is 15.5 Å². The van der Waals surface area contributed by atoms with Gasteiger partial charge in [0.05, 0.1) is 0 Å². The molecule has 0 radical (unpaired) electrons. The third-order valence-corrected chi connectivity index (χ3v) is 4.31. The van der Waals surface area contributed by atoms with Gasteiger partial charge in [0, 0.05) is 36.9 Å². The Morgan fingerprint density at radius 2 is 2.21 bits per heavy atom. The van der Waals surface area contributed by atoms with E-state index in [-0.39, 0.29) is 5.91 Å². The Hall–Kier alpha value is -1.55. The van der Waals surface area contributed by atoms with E-state index >= 15 is 0 Å². The first-order chi connectivity index (χ1) is 9.28. The molecule has 1 aromatic rings. The lowest BCUT2D eigenvalue weighted by molar-refractivity contribution is 0.0963. The van der Waals surface area contributed by atoms with Gasteiger partial charge in [0.25, 0.3) is 5.91 Å². The van der Waals surface area contributed by atoms with Gasteiger partial charge in [-0.25, -0.2) is 0 Å². The maximum Gasteiger partial charge on any atom is 0.251 e. The summed E-state index contributed by atoms with van der Waals surface area (Å²) in [5, 5.41) is 6.27. The maximum absolute atomic E-state index is 11.6. The molecule has 2 atom stereocenters. The van der Waals surface area contributed by atoms with Crippen molar-refractivity contribution < 1.29 is 4.79 Å². The zero-order chi connectivity index (χ0) is 13.2. The van der Waals surface area contributed by atoms with Crippen molar-refractivity contribution in [3.05, 3.63) is 29.8 Å². The molecule has 2 saturated heterocycles. The highest BCUT2D eigenvalue weighted by Gasteiger charge is 2.36. The summed E-state index contributed by atoms with van der Waals surface area (Å²) in [6, 6.07) is 8.99. The Bertz CT molecular complexity index is 474. The van der Waals surface area contributed by atoms with Crippen molar-refractivity contribution in [1.82, 2.24) is 10.2 Å². The average Bonchev–Trinajstić information content (AvgIpc) is 3.03. The molecule has 0 aromatic heterocycles. The molecule has 4 heteroatoms. The van der Waals surface area contributed by atoms with Gasteiger partial charge in [-0.1, -0.05) is 6.07 Å². The molecular formula is C15H21N3O. The fourth-order valence-corrected chi connectivity index (χ4v) is 3.36. The molecule has 1 amide bonds. The number of rotatable bonds is 3. The van der Waals surface area contributed by atoms with Gasteiger partial charge in [-0.2, -0.15) is 0 Å². The van der Waals surface area contributed by atoms with Crippen LogP contribution in [0.25, 0.3) is 0 Å². The molecule has 0 aliphatic carbocycles. The van der Waals surface area contributed by atoms with Gasteiger partial charge in [0.2, 0.25) is 0 Å². The highest BCUT2D eigenvalue weighted by Crippen LogP contribution is 2.30. The van der Waals surface area contributed by atoms with E-state index in [9.17, 15) is 4.79 Å². The second kappa shape index (κ2) is 5.21. The zero-order valence-electron chi connectivity index (χ0n) is 11.4. The lowest BCUT2D eigenvalue weighted by Crippen LogP contribution is -2.33. The van der Waals surface area contributed by atoms with E-state index in [1.54, 1.807) is 7.05 Å². The molecule has 2 aliphatic heterocycles. The van der Waals surface area contributed by atoms with Crippen molar-refractivity contribution >= 4 is 11.6 Å². The number of anilines is 1. The molecule has 2 N–H and O–H groups in total. The van der Waals surface area contributed by atoms with Crippen LogP contribution in [0.4, 0.5) is 5.69 Å². The predicted octanol–water partition coefficient (Wildman–Crippen LogP) is 1.69. The number of carbonyl (C=O) groups excluding carboxylic acids is 1. The molecule has 0 spiro atoms. The summed E-state index contributed by atoms with van der Waals surface area (Å²) in [5.41, 5.74) is 1.77. The van der Waals surface area contributed by atoms with Crippen LogP contribution in [0.5, 0.6) is 0 Å². The minimum atomic E-state index is -0.0300. The van der Waals surface area contributed by atoms with Crippen LogP contribution in [0.15, 0.2) is 24.3 Å². The number of fused-ring (bicyclic) bond motifs is 1. The molecule has 102 valence electrons. The van der Waals surface area contributed by atoms with Gasteiger partial charge in [-0.3, -0.25) is 9.69 Å². The molecule has 2 heterocycles. The van der Waals surface area contributed by atoms with Gasteiger partial charge < -0.3 is 10.6 Å². The number of carbonyl (C=O) groups is 1. The van der Waals surface area contributed by atoms with E-state index in [1.807, 2.05) is 24.3 Å². The molecule has 2 fully saturated rings. The third-order valence-electron chi connectivity index (χ3n) is 4.31.